The van der Waals surface area contributed by atoms with E-state index in [1.807, 2.05) is 11.9 Å². The number of alkyl halides is 3. The summed E-state index contributed by atoms with van der Waals surface area (Å²) < 4.78 is 42.5. The summed E-state index contributed by atoms with van der Waals surface area (Å²) in [5.41, 5.74) is -0.161. The molecule has 140 valence electrons. The Hall–Kier alpha value is -1.68. The first-order valence-electron chi connectivity index (χ1n) is 8.27. The minimum absolute atomic E-state index is 0.0335. The van der Waals surface area contributed by atoms with Gasteiger partial charge in [-0.1, -0.05) is 5.16 Å². The number of carbonyl (C=O) groups is 1. The second kappa shape index (κ2) is 6.56. The number of carbonyl (C=O) groups excluding carboxylic acids is 1. The molecule has 1 spiro atoms. The fraction of sp³-hybridized carbons (Fsp3) is 0.800. The van der Waals surface area contributed by atoms with Gasteiger partial charge in [0.15, 0.2) is 0 Å². The molecule has 10 heteroatoms. The van der Waals surface area contributed by atoms with Crippen molar-refractivity contribution >= 4 is 5.91 Å². The molecule has 25 heavy (non-hydrogen) atoms. The van der Waals surface area contributed by atoms with Crippen LogP contribution in [0.1, 0.15) is 31.0 Å². The van der Waals surface area contributed by atoms with Crippen molar-refractivity contribution in [3.05, 3.63) is 11.7 Å². The lowest BCUT2D eigenvalue weighted by Crippen LogP contribution is -2.60. The fourth-order valence-electron chi connectivity index (χ4n) is 3.60. The van der Waals surface area contributed by atoms with Crippen LogP contribution in [0, 0.1) is 0 Å². The van der Waals surface area contributed by atoms with Crippen LogP contribution in [0.3, 0.4) is 0 Å². The summed E-state index contributed by atoms with van der Waals surface area (Å²) in [7, 11) is 3.85. The molecule has 3 rings (SSSR count). The molecule has 1 amide bonds. The molecule has 0 unspecified atom stereocenters. The van der Waals surface area contributed by atoms with Crippen LogP contribution in [0.4, 0.5) is 13.2 Å². The summed E-state index contributed by atoms with van der Waals surface area (Å²) >= 11 is 0. The number of amides is 1. The van der Waals surface area contributed by atoms with Gasteiger partial charge in [0, 0.05) is 45.2 Å². The van der Waals surface area contributed by atoms with Crippen molar-refractivity contribution in [2.75, 3.05) is 40.3 Å². The normalized spacial score (nSPS) is 27.1. The molecular formula is C15H22F3N5O2. The minimum Gasteiger partial charge on any atom is -0.346 e. The van der Waals surface area contributed by atoms with Crippen molar-refractivity contribution in [1.82, 2.24) is 24.8 Å². The van der Waals surface area contributed by atoms with Crippen molar-refractivity contribution in [3.8, 4) is 0 Å². The zero-order chi connectivity index (χ0) is 18.2. The van der Waals surface area contributed by atoms with Gasteiger partial charge in [-0.25, -0.2) is 0 Å². The zero-order valence-corrected chi connectivity index (χ0v) is 14.3. The van der Waals surface area contributed by atoms with E-state index in [1.165, 1.54) is 0 Å². The van der Waals surface area contributed by atoms with E-state index in [1.54, 1.807) is 11.9 Å². The molecular weight excluding hydrogens is 339 g/mol. The van der Waals surface area contributed by atoms with Crippen LogP contribution in [0.5, 0.6) is 0 Å². The van der Waals surface area contributed by atoms with Gasteiger partial charge in [-0.2, -0.15) is 18.2 Å². The molecule has 0 bridgehead atoms. The molecule has 2 saturated heterocycles. The predicted molar refractivity (Wildman–Crippen MR) is 81.4 cm³/mol. The Labute approximate surface area is 143 Å². The van der Waals surface area contributed by atoms with Crippen LogP contribution < -0.4 is 0 Å². The number of likely N-dealkylation sites (N-methyl/N-ethyl adjacent to an activating group) is 1. The standard InChI is InChI=1S/C15H22F3N5O2/c1-21-6-5-14(4-3-12(21)24)10-23(8-7-22(14)2)9-11-19-13(20-25-11)15(16,17)18/h3-10H2,1-2H3/t14-/m0/s1. The molecule has 0 saturated carbocycles. The number of aromatic nitrogens is 2. The van der Waals surface area contributed by atoms with Gasteiger partial charge in [0.1, 0.15) is 0 Å². The zero-order valence-electron chi connectivity index (χ0n) is 14.3. The van der Waals surface area contributed by atoms with E-state index in [0.29, 0.717) is 26.1 Å². The Morgan fingerprint density at radius 3 is 2.64 bits per heavy atom. The summed E-state index contributed by atoms with van der Waals surface area (Å²) in [5, 5.41) is 3.01. The number of likely N-dealkylation sites (tertiary alicyclic amines) is 1. The Balaban J connectivity index is 1.70. The van der Waals surface area contributed by atoms with Crippen LogP contribution in [-0.4, -0.2) is 76.6 Å². The molecule has 0 aromatic carbocycles. The molecule has 1 aromatic heterocycles. The molecule has 0 N–H and O–H groups in total. The van der Waals surface area contributed by atoms with Gasteiger partial charge in [0.25, 0.3) is 5.82 Å². The largest absolute Gasteiger partial charge is 0.455 e. The summed E-state index contributed by atoms with van der Waals surface area (Å²) in [6.07, 6.45) is -2.55. The van der Waals surface area contributed by atoms with Crippen LogP contribution >= 0.6 is 0 Å². The molecule has 7 nitrogen and oxygen atoms in total. The molecule has 1 aromatic rings. The van der Waals surface area contributed by atoms with E-state index < -0.39 is 12.0 Å². The summed E-state index contributed by atoms with van der Waals surface area (Å²) in [6, 6.07) is 0. The molecule has 3 heterocycles. The van der Waals surface area contributed by atoms with Crippen LogP contribution in [0.25, 0.3) is 0 Å². The van der Waals surface area contributed by atoms with E-state index in [2.05, 4.69) is 15.0 Å². The van der Waals surface area contributed by atoms with Gasteiger partial charge >= 0.3 is 6.18 Å². The maximum absolute atomic E-state index is 12.6. The SMILES string of the molecule is CN1CC[C@@]2(CCC1=O)CN(Cc1nc(C(F)(F)F)no1)CCN2C. The molecule has 0 aliphatic carbocycles. The summed E-state index contributed by atoms with van der Waals surface area (Å²) in [6.45, 7) is 3.00. The maximum Gasteiger partial charge on any atom is 0.455 e. The quantitative estimate of drug-likeness (QED) is 0.789. The minimum atomic E-state index is -4.60. The van der Waals surface area contributed by atoms with Crippen LogP contribution in [0.2, 0.25) is 0 Å². The molecule has 1 atom stereocenters. The average molecular weight is 361 g/mol. The van der Waals surface area contributed by atoms with E-state index in [4.69, 9.17) is 4.52 Å². The molecule has 2 aliphatic rings. The first kappa shape index (κ1) is 18.1. The van der Waals surface area contributed by atoms with Crippen molar-refractivity contribution in [1.29, 1.82) is 0 Å². The first-order chi connectivity index (χ1) is 11.7. The highest BCUT2D eigenvalue weighted by atomic mass is 19.4. The Bertz CT molecular complexity index is 635. The molecule has 2 aliphatic heterocycles. The molecule has 0 radical (unpaired) electrons. The first-order valence-corrected chi connectivity index (χ1v) is 8.27. The maximum atomic E-state index is 12.6. The predicted octanol–water partition coefficient (Wildman–Crippen LogP) is 1.22. The lowest BCUT2D eigenvalue weighted by molar-refractivity contribution is -0.146. The smallest absolute Gasteiger partial charge is 0.346 e. The van der Waals surface area contributed by atoms with E-state index in [0.717, 1.165) is 19.4 Å². The number of rotatable bonds is 2. The highest BCUT2D eigenvalue weighted by Crippen LogP contribution is 2.32. The van der Waals surface area contributed by atoms with Crippen molar-refractivity contribution in [2.24, 2.45) is 0 Å². The van der Waals surface area contributed by atoms with Crippen molar-refractivity contribution < 1.29 is 22.5 Å². The van der Waals surface area contributed by atoms with E-state index >= 15 is 0 Å². The van der Waals surface area contributed by atoms with Gasteiger partial charge < -0.3 is 9.42 Å². The van der Waals surface area contributed by atoms with Gasteiger partial charge in [-0.05, 0) is 19.9 Å². The number of hydrogen-bond donors (Lipinski definition) is 0. The monoisotopic (exact) mass is 361 g/mol. The number of piperazine rings is 1. The van der Waals surface area contributed by atoms with E-state index in [9.17, 15) is 18.0 Å². The van der Waals surface area contributed by atoms with Gasteiger partial charge in [0.05, 0.1) is 6.54 Å². The molecule has 2 fully saturated rings. The van der Waals surface area contributed by atoms with Gasteiger partial charge in [0.2, 0.25) is 11.8 Å². The van der Waals surface area contributed by atoms with Crippen molar-refractivity contribution in [3.63, 3.8) is 0 Å². The third-order valence-electron chi connectivity index (χ3n) is 5.30. The third kappa shape index (κ3) is 3.79. The number of nitrogens with zero attached hydrogens (tertiary/aromatic N) is 5. The van der Waals surface area contributed by atoms with E-state index in [-0.39, 0.29) is 23.9 Å². The Morgan fingerprint density at radius 1 is 1.20 bits per heavy atom. The Kier molecular flexibility index (Phi) is 4.76. The second-order valence-electron chi connectivity index (χ2n) is 6.93. The topological polar surface area (TPSA) is 65.7 Å². The highest BCUT2D eigenvalue weighted by molar-refractivity contribution is 5.76. The third-order valence-corrected chi connectivity index (χ3v) is 5.30. The lowest BCUT2D eigenvalue weighted by Gasteiger charge is -2.49. The number of halogens is 3. The summed E-state index contributed by atoms with van der Waals surface area (Å²) in [4.78, 5) is 21.5. The number of hydrogen-bond acceptors (Lipinski definition) is 6. The van der Waals surface area contributed by atoms with Gasteiger partial charge in [-0.15, -0.1) is 0 Å². The average Bonchev–Trinajstić information content (AvgIpc) is 2.97. The Morgan fingerprint density at radius 2 is 1.96 bits per heavy atom. The highest BCUT2D eigenvalue weighted by Gasteiger charge is 2.42. The van der Waals surface area contributed by atoms with Crippen LogP contribution in [0.15, 0.2) is 4.52 Å². The van der Waals surface area contributed by atoms with Gasteiger partial charge in [-0.3, -0.25) is 14.6 Å². The lowest BCUT2D eigenvalue weighted by atomic mass is 9.86. The summed E-state index contributed by atoms with van der Waals surface area (Å²) in [5.74, 6) is -1.14. The van der Waals surface area contributed by atoms with Crippen LogP contribution in [-0.2, 0) is 17.5 Å². The second-order valence-corrected chi connectivity index (χ2v) is 6.93. The fourth-order valence-corrected chi connectivity index (χ4v) is 3.60. The van der Waals surface area contributed by atoms with Crippen molar-refractivity contribution in [2.45, 2.75) is 37.5 Å².